The second kappa shape index (κ2) is 2.75. The van der Waals surface area contributed by atoms with Crippen LogP contribution >= 0.6 is 0 Å². The molecular formula is C9H10AsN. The second-order valence-electron chi connectivity index (χ2n) is 2.69. The summed E-state index contributed by atoms with van der Waals surface area (Å²) < 4.78 is 2.25. The molecule has 1 aromatic rings. The third-order valence-corrected chi connectivity index (χ3v) is 2.60. The van der Waals surface area contributed by atoms with Crippen molar-refractivity contribution in [1.82, 2.24) is 3.82 Å². The Labute approximate surface area is 75.4 Å². The van der Waals surface area contributed by atoms with Crippen molar-refractivity contribution < 1.29 is 0 Å². The Morgan fingerprint density at radius 1 is 1.27 bits per heavy atom. The maximum atomic E-state index is 2.25. The molecule has 2 heteroatoms. The molecule has 1 atom stereocenters. The first-order valence-corrected chi connectivity index (χ1v) is 4.72. The Morgan fingerprint density at radius 2 is 2.09 bits per heavy atom. The molecule has 0 fully saturated rings. The Bertz CT molecular complexity index is 293. The summed E-state index contributed by atoms with van der Waals surface area (Å²) in [6.07, 6.45) is 4.31. The number of hydrogen-bond acceptors (Lipinski definition) is 1. The van der Waals surface area contributed by atoms with Gasteiger partial charge in [-0.25, -0.2) is 0 Å². The Morgan fingerprint density at radius 3 is 3.00 bits per heavy atom. The normalized spacial score (nSPS) is 14.8. The molecule has 0 saturated heterocycles. The molecule has 0 amide bonds. The van der Waals surface area contributed by atoms with Crippen molar-refractivity contribution in [1.29, 1.82) is 0 Å². The van der Waals surface area contributed by atoms with E-state index in [-0.39, 0.29) is 0 Å². The number of benzene rings is 1. The molecule has 2 rings (SSSR count). The summed E-state index contributed by atoms with van der Waals surface area (Å²) in [5, 5.41) is 0. The number of nitrogens with zero attached hydrogens (tertiary/aromatic N) is 1. The molecule has 0 spiro atoms. The molecule has 11 heavy (non-hydrogen) atoms. The van der Waals surface area contributed by atoms with Crippen LogP contribution in [0, 0.1) is 0 Å². The zero-order valence-electron chi connectivity index (χ0n) is 6.20. The van der Waals surface area contributed by atoms with Crippen LogP contribution in [-0.2, 0) is 6.54 Å². The predicted molar refractivity (Wildman–Crippen MR) is 49.6 cm³/mol. The number of hydrogen-bond donors (Lipinski definition) is 0. The summed E-state index contributed by atoms with van der Waals surface area (Å²) in [5.74, 6) is 0. The molecule has 0 N–H and O–H groups in total. The van der Waals surface area contributed by atoms with Gasteiger partial charge in [-0.2, -0.15) is 0 Å². The molecular weight excluding hydrogens is 197 g/mol. The van der Waals surface area contributed by atoms with Crippen LogP contribution in [0.4, 0.5) is 0 Å². The average molecular weight is 207 g/mol. The van der Waals surface area contributed by atoms with Crippen molar-refractivity contribution >= 4 is 23.2 Å². The van der Waals surface area contributed by atoms with Crippen LogP contribution in [0.25, 0.3) is 6.08 Å². The zero-order chi connectivity index (χ0) is 7.68. The van der Waals surface area contributed by atoms with Crippen LogP contribution < -0.4 is 0 Å². The molecule has 56 valence electrons. The van der Waals surface area contributed by atoms with Gasteiger partial charge in [0.15, 0.2) is 0 Å². The predicted octanol–water partition coefficient (Wildman–Crippen LogP) is 1.02. The standard InChI is InChI=1S/C9H10AsN/c10-11-6-5-8-3-1-2-4-9(8)7-11/h1-6H,7,10H2. The summed E-state index contributed by atoms with van der Waals surface area (Å²) in [4.78, 5) is 0. The second-order valence-corrected chi connectivity index (χ2v) is 4.08. The van der Waals surface area contributed by atoms with Crippen molar-refractivity contribution in [3.05, 3.63) is 41.6 Å². The fraction of sp³-hybridized carbons (Fsp3) is 0.111. The maximum absolute atomic E-state index is 2.25. The Kier molecular flexibility index (Phi) is 1.75. The fourth-order valence-corrected chi connectivity index (χ4v) is 1.86. The van der Waals surface area contributed by atoms with Gasteiger partial charge in [0.1, 0.15) is 0 Å². The van der Waals surface area contributed by atoms with Crippen molar-refractivity contribution in [3.63, 3.8) is 0 Å². The monoisotopic (exact) mass is 207 g/mol. The van der Waals surface area contributed by atoms with E-state index in [4.69, 9.17) is 0 Å². The van der Waals surface area contributed by atoms with E-state index in [0.717, 1.165) is 6.54 Å². The summed E-state index contributed by atoms with van der Waals surface area (Å²) in [6.45, 7) is 1.06. The van der Waals surface area contributed by atoms with Gasteiger partial charge < -0.3 is 0 Å². The molecule has 0 aromatic heterocycles. The van der Waals surface area contributed by atoms with Gasteiger partial charge in [0.25, 0.3) is 0 Å². The van der Waals surface area contributed by atoms with Gasteiger partial charge in [0, 0.05) is 0 Å². The van der Waals surface area contributed by atoms with Crippen LogP contribution in [-0.4, -0.2) is 20.9 Å². The topological polar surface area (TPSA) is 3.24 Å². The molecule has 1 aliphatic heterocycles. The van der Waals surface area contributed by atoms with E-state index in [1.807, 2.05) is 0 Å². The van der Waals surface area contributed by atoms with E-state index in [1.165, 1.54) is 11.1 Å². The van der Waals surface area contributed by atoms with Gasteiger partial charge in [-0.3, -0.25) is 0 Å². The van der Waals surface area contributed by atoms with E-state index in [0.29, 0.717) is 0 Å². The summed E-state index contributed by atoms with van der Waals surface area (Å²) in [5.41, 5.74) is 2.79. The fourth-order valence-electron chi connectivity index (χ4n) is 1.27. The van der Waals surface area contributed by atoms with Gasteiger partial charge in [0.2, 0.25) is 0 Å². The summed E-state index contributed by atoms with van der Waals surface area (Å²) in [6, 6.07) is 8.52. The first-order valence-electron chi connectivity index (χ1n) is 3.64. The first-order chi connectivity index (χ1) is 5.36. The van der Waals surface area contributed by atoms with E-state index < -0.39 is 0 Å². The molecule has 0 bridgehead atoms. The Hall–Kier alpha value is -0.682. The third kappa shape index (κ3) is 1.34. The zero-order valence-corrected chi connectivity index (χ0v) is 8.62. The third-order valence-electron chi connectivity index (χ3n) is 1.85. The van der Waals surface area contributed by atoms with Crippen LogP contribution in [0.2, 0.25) is 0 Å². The first kappa shape index (κ1) is 6.99. The van der Waals surface area contributed by atoms with E-state index >= 15 is 0 Å². The Balaban J connectivity index is 2.46. The molecule has 0 aliphatic carbocycles. The van der Waals surface area contributed by atoms with Gasteiger partial charge in [-0.05, 0) is 0 Å². The van der Waals surface area contributed by atoms with Crippen LogP contribution in [0.5, 0.6) is 0 Å². The van der Waals surface area contributed by atoms with Gasteiger partial charge >= 0.3 is 75.1 Å². The van der Waals surface area contributed by atoms with Crippen LogP contribution in [0.3, 0.4) is 0 Å². The van der Waals surface area contributed by atoms with Crippen LogP contribution in [0.1, 0.15) is 11.1 Å². The molecule has 1 aliphatic rings. The number of rotatable bonds is 0. The van der Waals surface area contributed by atoms with Gasteiger partial charge in [-0.15, -0.1) is 0 Å². The molecule has 1 nitrogen and oxygen atoms in total. The van der Waals surface area contributed by atoms with Crippen molar-refractivity contribution in [2.24, 2.45) is 0 Å². The van der Waals surface area contributed by atoms with Crippen molar-refractivity contribution in [3.8, 4) is 0 Å². The van der Waals surface area contributed by atoms with Gasteiger partial charge in [-0.1, -0.05) is 0 Å². The molecule has 1 heterocycles. The van der Waals surface area contributed by atoms with Crippen molar-refractivity contribution in [2.45, 2.75) is 6.54 Å². The average Bonchev–Trinajstić information content (AvgIpc) is 2.04. The molecule has 0 radical (unpaired) electrons. The van der Waals surface area contributed by atoms with E-state index in [1.54, 1.807) is 17.1 Å². The molecule has 0 saturated carbocycles. The minimum atomic E-state index is 1.06. The van der Waals surface area contributed by atoms with Gasteiger partial charge in [0.05, 0.1) is 0 Å². The van der Waals surface area contributed by atoms with Crippen molar-refractivity contribution in [2.75, 3.05) is 0 Å². The SMILES string of the molecule is [AsH2]N1C=Cc2ccccc2C1. The molecule has 1 unspecified atom stereocenters. The molecule has 1 aromatic carbocycles. The minimum absolute atomic E-state index is 1.06. The summed E-state index contributed by atoms with van der Waals surface area (Å²) >= 11 is 1.65. The number of fused-ring (bicyclic) bond motifs is 1. The van der Waals surface area contributed by atoms with Crippen LogP contribution in [0.15, 0.2) is 30.5 Å². The quantitative estimate of drug-likeness (QED) is 0.574. The van der Waals surface area contributed by atoms with E-state index in [9.17, 15) is 0 Å². The summed E-state index contributed by atoms with van der Waals surface area (Å²) in [7, 11) is 0. The van der Waals surface area contributed by atoms with E-state index in [2.05, 4.69) is 40.4 Å².